The molecule has 21 heavy (non-hydrogen) atoms. The Morgan fingerprint density at radius 2 is 2.10 bits per heavy atom. The van der Waals surface area contributed by atoms with Gasteiger partial charge in [0.25, 0.3) is 5.91 Å². The molecule has 0 spiro atoms. The Bertz CT molecular complexity index is 449. The molecular weight excluding hydrogens is 274 g/mol. The maximum absolute atomic E-state index is 12.7. The minimum Gasteiger partial charge on any atom is -0.481 e. The smallest absolute Gasteiger partial charge is 0.310 e. The molecule has 2 bridgehead atoms. The monoisotopic (exact) mass is 297 g/mol. The molecule has 0 radical (unpaired) electrons. The van der Waals surface area contributed by atoms with E-state index in [0.717, 1.165) is 12.8 Å². The predicted molar refractivity (Wildman–Crippen MR) is 75.3 cm³/mol. The summed E-state index contributed by atoms with van der Waals surface area (Å²) >= 11 is 0. The van der Waals surface area contributed by atoms with Gasteiger partial charge in [0.2, 0.25) is 0 Å². The highest BCUT2D eigenvalue weighted by atomic mass is 16.7. The highest BCUT2D eigenvalue weighted by Gasteiger charge is 2.60. The topological polar surface area (TPSA) is 76.1 Å². The van der Waals surface area contributed by atoms with Gasteiger partial charge in [-0.05, 0) is 19.8 Å². The molecule has 1 saturated heterocycles. The Kier molecular flexibility index (Phi) is 4.68. The molecule has 2 aliphatic rings. The number of carbonyl (C=O) groups excluding carboxylic acids is 1. The summed E-state index contributed by atoms with van der Waals surface area (Å²) in [6.07, 6.45) is 4.59. The number of carboxylic acid groups (broad SMARTS) is 1. The van der Waals surface area contributed by atoms with Crippen LogP contribution >= 0.6 is 0 Å². The Hall–Kier alpha value is -1.40. The molecule has 2 rings (SSSR count). The summed E-state index contributed by atoms with van der Waals surface area (Å²) in [6, 6.07) is 0. The number of ether oxygens (including phenoxy) is 1. The van der Waals surface area contributed by atoms with E-state index in [0.29, 0.717) is 13.2 Å². The number of nitrogens with zero attached hydrogens (tertiary/aromatic N) is 1. The molecule has 0 saturated carbocycles. The molecule has 0 aromatic carbocycles. The average Bonchev–Trinajstić information content (AvgIpc) is 2.95. The van der Waals surface area contributed by atoms with Crippen molar-refractivity contribution in [3.8, 4) is 0 Å². The number of amides is 1. The maximum atomic E-state index is 12.7. The Labute approximate surface area is 124 Å². The van der Waals surface area contributed by atoms with E-state index < -0.39 is 29.5 Å². The normalized spacial score (nSPS) is 33.4. The number of fused-ring (bicyclic) bond motifs is 2. The lowest BCUT2D eigenvalue weighted by Crippen LogP contribution is -2.47. The molecule has 118 valence electrons. The molecule has 0 aromatic rings. The lowest BCUT2D eigenvalue weighted by Gasteiger charge is -2.30. The zero-order valence-electron chi connectivity index (χ0n) is 12.7. The number of carboxylic acids is 1. The first-order valence-electron chi connectivity index (χ1n) is 7.49. The first-order valence-corrected chi connectivity index (χ1v) is 7.49. The number of rotatable bonds is 7. The van der Waals surface area contributed by atoms with Crippen molar-refractivity contribution in [1.29, 1.82) is 0 Å². The van der Waals surface area contributed by atoms with E-state index in [1.165, 1.54) is 5.06 Å². The van der Waals surface area contributed by atoms with Gasteiger partial charge in [0, 0.05) is 6.54 Å². The van der Waals surface area contributed by atoms with Gasteiger partial charge in [-0.3, -0.25) is 14.4 Å². The molecule has 6 nitrogen and oxygen atoms in total. The number of hydroxylamine groups is 2. The Balaban J connectivity index is 2.20. The standard InChI is InChI=1S/C15H23NO5/c1-4-8-16(20-9-5-2)13(17)11-10-6-7-15(3,21-10)12(11)14(18)19/h6-7,10-12H,4-5,8-9H2,1-3H3,(H,18,19). The summed E-state index contributed by atoms with van der Waals surface area (Å²) in [5.41, 5.74) is -0.903. The highest BCUT2D eigenvalue weighted by Crippen LogP contribution is 2.47. The third-order valence-corrected chi connectivity index (χ3v) is 4.01. The first-order chi connectivity index (χ1) is 9.94. The van der Waals surface area contributed by atoms with Gasteiger partial charge in [-0.2, -0.15) is 0 Å². The molecule has 2 aliphatic heterocycles. The van der Waals surface area contributed by atoms with E-state index in [1.54, 1.807) is 19.1 Å². The molecule has 0 aromatic heterocycles. The van der Waals surface area contributed by atoms with Crippen LogP contribution in [-0.4, -0.2) is 46.9 Å². The van der Waals surface area contributed by atoms with Crippen molar-refractivity contribution in [1.82, 2.24) is 5.06 Å². The molecule has 1 fully saturated rings. The molecule has 1 amide bonds. The largest absolute Gasteiger partial charge is 0.481 e. The fraction of sp³-hybridized carbons (Fsp3) is 0.733. The molecule has 2 heterocycles. The van der Waals surface area contributed by atoms with Crippen LogP contribution in [0, 0.1) is 11.8 Å². The van der Waals surface area contributed by atoms with Crippen LogP contribution in [0.15, 0.2) is 12.2 Å². The Morgan fingerprint density at radius 3 is 2.67 bits per heavy atom. The molecule has 1 N–H and O–H groups in total. The van der Waals surface area contributed by atoms with Gasteiger partial charge in [-0.1, -0.05) is 26.0 Å². The van der Waals surface area contributed by atoms with Crippen LogP contribution in [0.4, 0.5) is 0 Å². The minimum absolute atomic E-state index is 0.296. The van der Waals surface area contributed by atoms with Crippen LogP contribution in [0.5, 0.6) is 0 Å². The predicted octanol–water partition coefficient (Wildman–Crippen LogP) is 1.61. The fourth-order valence-electron chi connectivity index (χ4n) is 3.06. The zero-order chi connectivity index (χ0) is 15.6. The quantitative estimate of drug-likeness (QED) is 0.571. The van der Waals surface area contributed by atoms with Crippen molar-refractivity contribution < 1.29 is 24.3 Å². The van der Waals surface area contributed by atoms with E-state index in [4.69, 9.17) is 9.57 Å². The van der Waals surface area contributed by atoms with Crippen molar-refractivity contribution >= 4 is 11.9 Å². The third kappa shape index (κ3) is 2.82. The van der Waals surface area contributed by atoms with Gasteiger partial charge in [0.05, 0.1) is 24.2 Å². The van der Waals surface area contributed by atoms with Crippen LogP contribution in [-0.2, 0) is 19.2 Å². The van der Waals surface area contributed by atoms with Crippen LogP contribution < -0.4 is 0 Å². The van der Waals surface area contributed by atoms with Crippen molar-refractivity contribution in [2.75, 3.05) is 13.2 Å². The van der Waals surface area contributed by atoms with E-state index in [1.807, 2.05) is 13.8 Å². The number of carbonyl (C=O) groups is 2. The summed E-state index contributed by atoms with van der Waals surface area (Å²) in [5, 5.41) is 10.8. The average molecular weight is 297 g/mol. The number of hydrogen-bond donors (Lipinski definition) is 1. The summed E-state index contributed by atoms with van der Waals surface area (Å²) in [5.74, 6) is -2.89. The number of aliphatic carboxylic acids is 1. The highest BCUT2D eigenvalue weighted by molar-refractivity contribution is 5.87. The molecule has 4 unspecified atom stereocenters. The summed E-state index contributed by atoms with van der Waals surface area (Å²) in [6.45, 7) is 6.51. The second-order valence-electron chi connectivity index (χ2n) is 5.74. The SMILES string of the molecule is CCCON(CCC)C(=O)C1C2C=CC(C)(O2)C1C(=O)O. The summed E-state index contributed by atoms with van der Waals surface area (Å²) < 4.78 is 5.71. The lowest BCUT2D eigenvalue weighted by molar-refractivity contribution is -0.194. The van der Waals surface area contributed by atoms with E-state index >= 15 is 0 Å². The lowest BCUT2D eigenvalue weighted by atomic mass is 9.76. The van der Waals surface area contributed by atoms with Crippen molar-refractivity contribution in [2.45, 2.75) is 45.3 Å². The van der Waals surface area contributed by atoms with Crippen molar-refractivity contribution in [3.05, 3.63) is 12.2 Å². The molecular formula is C15H23NO5. The second-order valence-corrected chi connectivity index (χ2v) is 5.74. The molecule has 0 aliphatic carbocycles. The van der Waals surface area contributed by atoms with Gasteiger partial charge < -0.3 is 9.84 Å². The zero-order valence-corrected chi connectivity index (χ0v) is 12.7. The van der Waals surface area contributed by atoms with Crippen molar-refractivity contribution in [3.63, 3.8) is 0 Å². The van der Waals surface area contributed by atoms with E-state index in [-0.39, 0.29) is 5.91 Å². The van der Waals surface area contributed by atoms with Gasteiger partial charge in [0.1, 0.15) is 5.92 Å². The van der Waals surface area contributed by atoms with Crippen LogP contribution in [0.1, 0.15) is 33.6 Å². The second kappa shape index (κ2) is 6.15. The van der Waals surface area contributed by atoms with Crippen LogP contribution in [0.25, 0.3) is 0 Å². The van der Waals surface area contributed by atoms with Crippen LogP contribution in [0.2, 0.25) is 0 Å². The Morgan fingerprint density at radius 1 is 1.38 bits per heavy atom. The minimum atomic E-state index is -1.00. The maximum Gasteiger partial charge on any atom is 0.310 e. The molecule has 6 heteroatoms. The molecule has 4 atom stereocenters. The van der Waals surface area contributed by atoms with Gasteiger partial charge >= 0.3 is 5.97 Å². The van der Waals surface area contributed by atoms with Gasteiger partial charge in [-0.15, -0.1) is 0 Å². The summed E-state index contributed by atoms with van der Waals surface area (Å²) in [7, 11) is 0. The fourth-order valence-corrected chi connectivity index (χ4v) is 3.06. The van der Waals surface area contributed by atoms with Gasteiger partial charge in [0.15, 0.2) is 0 Å². The number of hydrogen-bond acceptors (Lipinski definition) is 4. The van der Waals surface area contributed by atoms with E-state index in [2.05, 4.69) is 0 Å². The first kappa shape index (κ1) is 16.0. The van der Waals surface area contributed by atoms with Crippen LogP contribution in [0.3, 0.4) is 0 Å². The van der Waals surface area contributed by atoms with E-state index in [9.17, 15) is 14.7 Å². The van der Waals surface area contributed by atoms with Gasteiger partial charge in [-0.25, -0.2) is 5.06 Å². The third-order valence-electron chi connectivity index (χ3n) is 4.01. The van der Waals surface area contributed by atoms with Crippen molar-refractivity contribution in [2.24, 2.45) is 11.8 Å². The summed E-state index contributed by atoms with van der Waals surface area (Å²) in [4.78, 5) is 29.8.